The second-order valence-electron chi connectivity index (χ2n) is 3.42. The van der Waals surface area contributed by atoms with Gasteiger partial charge in [-0.05, 0) is 19.1 Å². The minimum atomic E-state index is -0.169. The molecule has 0 bridgehead atoms. The lowest BCUT2D eigenvalue weighted by molar-refractivity contribution is -0.116. The molecule has 0 aromatic heterocycles. The lowest BCUT2D eigenvalue weighted by Gasteiger charge is -2.09. The van der Waals surface area contributed by atoms with E-state index in [1.807, 2.05) is 18.2 Å². The van der Waals surface area contributed by atoms with Gasteiger partial charge in [-0.15, -0.1) is 11.8 Å². The number of hydrogen-bond acceptors (Lipinski definition) is 3. The lowest BCUT2D eigenvalue weighted by Crippen LogP contribution is -2.31. The molecule has 1 N–H and O–H groups in total. The van der Waals surface area contributed by atoms with Crippen molar-refractivity contribution >= 4 is 23.5 Å². The van der Waals surface area contributed by atoms with Crippen molar-refractivity contribution in [2.45, 2.75) is 17.1 Å². The third-order valence-electron chi connectivity index (χ3n) is 2.30. The van der Waals surface area contributed by atoms with E-state index in [9.17, 15) is 9.59 Å². The van der Waals surface area contributed by atoms with Crippen LogP contribution in [0.4, 0.5) is 0 Å². The van der Waals surface area contributed by atoms with E-state index in [0.717, 1.165) is 4.90 Å². The Kier molecular flexibility index (Phi) is 2.77. The fraction of sp³-hybridized carbons (Fsp3) is 0.273. The molecule has 1 aromatic carbocycles. The van der Waals surface area contributed by atoms with Crippen LogP contribution in [0.1, 0.15) is 17.3 Å². The van der Waals surface area contributed by atoms with Crippen molar-refractivity contribution in [1.82, 2.24) is 5.32 Å². The Morgan fingerprint density at radius 2 is 2.20 bits per heavy atom. The summed E-state index contributed by atoms with van der Waals surface area (Å²) in [6.07, 6.45) is 0. The number of benzene rings is 1. The molecule has 1 heterocycles. The Balaban J connectivity index is 2.38. The first-order chi connectivity index (χ1) is 7.18. The Labute approximate surface area is 92.2 Å². The normalized spacial score (nSPS) is 20.1. The summed E-state index contributed by atoms with van der Waals surface area (Å²) in [4.78, 5) is 23.8. The fourth-order valence-electron chi connectivity index (χ4n) is 1.46. The molecule has 4 heteroatoms. The highest BCUT2D eigenvalue weighted by molar-refractivity contribution is 8.00. The van der Waals surface area contributed by atoms with Crippen LogP contribution in [0.25, 0.3) is 0 Å². The van der Waals surface area contributed by atoms with Crippen LogP contribution in [0, 0.1) is 0 Å². The number of ketones is 1. The first kappa shape index (κ1) is 10.2. The predicted molar refractivity (Wildman–Crippen MR) is 59.1 cm³/mol. The monoisotopic (exact) mass is 221 g/mol. The number of nitrogens with one attached hydrogen (secondary N) is 1. The first-order valence-corrected chi connectivity index (χ1v) is 5.61. The van der Waals surface area contributed by atoms with Crippen molar-refractivity contribution < 1.29 is 9.59 Å². The summed E-state index contributed by atoms with van der Waals surface area (Å²) in [6.45, 7) is 1.96. The molecule has 0 saturated carbocycles. The number of amides is 1. The highest BCUT2D eigenvalue weighted by Gasteiger charge is 2.24. The lowest BCUT2D eigenvalue weighted by atomic mass is 10.2. The van der Waals surface area contributed by atoms with Gasteiger partial charge in [-0.25, -0.2) is 0 Å². The van der Waals surface area contributed by atoms with Crippen LogP contribution >= 0.6 is 11.8 Å². The molecule has 0 spiro atoms. The standard InChI is InChI=1S/C11H11NO2S/c1-7(13)10-6-12-11(14)8-4-2-3-5-9(8)15-10/h2-5,10H,6H2,1H3,(H,12,14). The molecule has 1 aromatic rings. The number of rotatable bonds is 1. The number of carbonyl (C=O) groups excluding carboxylic acids is 2. The molecule has 1 aliphatic rings. The summed E-state index contributed by atoms with van der Waals surface area (Å²) in [5.41, 5.74) is 0.659. The first-order valence-electron chi connectivity index (χ1n) is 4.73. The van der Waals surface area contributed by atoms with Crippen molar-refractivity contribution in [3.8, 4) is 0 Å². The maximum Gasteiger partial charge on any atom is 0.252 e. The second kappa shape index (κ2) is 4.06. The van der Waals surface area contributed by atoms with Crippen molar-refractivity contribution in [2.75, 3.05) is 6.54 Å². The third-order valence-corrected chi connectivity index (χ3v) is 3.70. The summed E-state index contributed by atoms with van der Waals surface area (Å²) in [7, 11) is 0. The van der Waals surface area contributed by atoms with Gasteiger partial charge in [0, 0.05) is 11.4 Å². The average Bonchev–Trinajstić information content (AvgIpc) is 2.39. The summed E-state index contributed by atoms with van der Waals surface area (Å²) in [5.74, 6) is -0.00106. The van der Waals surface area contributed by atoms with Crippen LogP contribution in [-0.4, -0.2) is 23.5 Å². The van der Waals surface area contributed by atoms with E-state index in [-0.39, 0.29) is 16.9 Å². The zero-order valence-electron chi connectivity index (χ0n) is 8.32. The van der Waals surface area contributed by atoms with Gasteiger partial charge in [-0.3, -0.25) is 9.59 Å². The van der Waals surface area contributed by atoms with Crippen molar-refractivity contribution in [2.24, 2.45) is 0 Å². The minimum Gasteiger partial charge on any atom is -0.350 e. The summed E-state index contributed by atoms with van der Waals surface area (Å²) < 4.78 is 0. The van der Waals surface area contributed by atoms with Crippen LogP contribution in [0.3, 0.4) is 0 Å². The van der Waals surface area contributed by atoms with Crippen LogP contribution in [0.2, 0.25) is 0 Å². The molecule has 1 unspecified atom stereocenters. The molecule has 0 radical (unpaired) electrons. The molecule has 15 heavy (non-hydrogen) atoms. The average molecular weight is 221 g/mol. The molecule has 1 aliphatic heterocycles. The Morgan fingerprint density at radius 1 is 1.47 bits per heavy atom. The van der Waals surface area contributed by atoms with Gasteiger partial charge in [0.05, 0.1) is 10.8 Å². The third kappa shape index (κ3) is 2.04. The van der Waals surface area contributed by atoms with Crippen molar-refractivity contribution in [3.05, 3.63) is 29.8 Å². The molecule has 0 fully saturated rings. The zero-order chi connectivity index (χ0) is 10.8. The second-order valence-corrected chi connectivity index (χ2v) is 4.67. The summed E-state index contributed by atoms with van der Waals surface area (Å²) in [6, 6.07) is 7.36. The Morgan fingerprint density at radius 3 is 2.93 bits per heavy atom. The molecule has 1 amide bonds. The number of carbonyl (C=O) groups is 2. The Bertz CT molecular complexity index is 417. The molecule has 0 aliphatic carbocycles. The maximum atomic E-state index is 11.6. The van der Waals surface area contributed by atoms with E-state index in [1.54, 1.807) is 13.0 Å². The van der Waals surface area contributed by atoms with Gasteiger partial charge >= 0.3 is 0 Å². The predicted octanol–water partition coefficient (Wildman–Crippen LogP) is 1.48. The van der Waals surface area contributed by atoms with Gasteiger partial charge in [-0.2, -0.15) is 0 Å². The van der Waals surface area contributed by atoms with Crippen molar-refractivity contribution in [1.29, 1.82) is 0 Å². The SMILES string of the molecule is CC(=O)C1CNC(=O)c2ccccc2S1. The van der Waals surface area contributed by atoms with E-state index in [2.05, 4.69) is 5.32 Å². The van der Waals surface area contributed by atoms with Crippen molar-refractivity contribution in [3.63, 3.8) is 0 Å². The van der Waals surface area contributed by atoms with Gasteiger partial charge in [-0.1, -0.05) is 12.1 Å². The van der Waals surface area contributed by atoms with Crippen LogP contribution in [-0.2, 0) is 4.79 Å². The molecular formula is C11H11NO2S. The molecule has 3 nitrogen and oxygen atoms in total. The maximum absolute atomic E-state index is 11.6. The smallest absolute Gasteiger partial charge is 0.252 e. The van der Waals surface area contributed by atoms with Gasteiger partial charge in [0.15, 0.2) is 0 Å². The van der Waals surface area contributed by atoms with Gasteiger partial charge in [0.2, 0.25) is 0 Å². The largest absolute Gasteiger partial charge is 0.350 e. The van der Waals surface area contributed by atoms with E-state index in [1.165, 1.54) is 11.8 Å². The number of thioether (sulfide) groups is 1. The quantitative estimate of drug-likeness (QED) is 0.781. The Hall–Kier alpha value is -1.29. The minimum absolute atomic E-state index is 0.0944. The van der Waals surface area contributed by atoms with E-state index >= 15 is 0 Å². The number of hydrogen-bond donors (Lipinski definition) is 1. The molecule has 2 rings (SSSR count). The van der Waals surface area contributed by atoms with Crippen LogP contribution in [0.15, 0.2) is 29.2 Å². The van der Waals surface area contributed by atoms with Crippen LogP contribution < -0.4 is 5.32 Å². The molecule has 1 atom stereocenters. The van der Waals surface area contributed by atoms with E-state index in [4.69, 9.17) is 0 Å². The van der Waals surface area contributed by atoms with Crippen LogP contribution in [0.5, 0.6) is 0 Å². The number of Topliss-reactive ketones (excluding diaryl/α,β-unsaturated/α-hetero) is 1. The number of fused-ring (bicyclic) bond motifs is 1. The van der Waals surface area contributed by atoms with Gasteiger partial charge < -0.3 is 5.32 Å². The molecule has 78 valence electrons. The molecular weight excluding hydrogens is 210 g/mol. The van der Waals surface area contributed by atoms with Gasteiger partial charge in [0.1, 0.15) is 5.78 Å². The summed E-state index contributed by atoms with van der Waals surface area (Å²) >= 11 is 1.46. The van der Waals surface area contributed by atoms with E-state index < -0.39 is 0 Å². The zero-order valence-corrected chi connectivity index (χ0v) is 9.14. The van der Waals surface area contributed by atoms with E-state index in [0.29, 0.717) is 12.1 Å². The highest BCUT2D eigenvalue weighted by Crippen LogP contribution is 2.29. The fourth-order valence-corrected chi connectivity index (χ4v) is 2.54. The van der Waals surface area contributed by atoms with Gasteiger partial charge in [0.25, 0.3) is 5.91 Å². The highest BCUT2D eigenvalue weighted by atomic mass is 32.2. The summed E-state index contributed by atoms with van der Waals surface area (Å²) in [5, 5.41) is 2.58. The topological polar surface area (TPSA) is 46.2 Å². The molecule has 0 saturated heterocycles.